The van der Waals surface area contributed by atoms with E-state index in [-0.39, 0.29) is 12.5 Å². The molecule has 2 heterocycles. The fraction of sp³-hybridized carbons (Fsp3) is 0.217. The maximum absolute atomic E-state index is 13.7. The molecule has 0 aliphatic heterocycles. The number of carbonyl (C=O) groups is 1. The molecule has 0 aliphatic rings. The van der Waals surface area contributed by atoms with Gasteiger partial charge in [-0.3, -0.25) is 9.69 Å². The van der Waals surface area contributed by atoms with E-state index in [1.54, 1.807) is 36.5 Å². The molecule has 0 bridgehead atoms. The van der Waals surface area contributed by atoms with Crippen molar-refractivity contribution in [2.45, 2.75) is 6.54 Å². The molecule has 0 spiro atoms. The lowest BCUT2D eigenvalue weighted by Crippen LogP contribution is -2.30. The molecule has 4 rings (SSSR count). The molecule has 9 heteroatoms. The number of ether oxygens (including phenoxy) is 4. The van der Waals surface area contributed by atoms with Crippen LogP contribution in [0.3, 0.4) is 0 Å². The van der Waals surface area contributed by atoms with E-state index < -0.39 is 0 Å². The number of methoxy groups -OCH3 is 4. The fourth-order valence-electron chi connectivity index (χ4n) is 3.34. The zero-order valence-electron chi connectivity index (χ0n) is 18.1. The largest absolute Gasteiger partial charge is 0.494 e. The Kier molecular flexibility index (Phi) is 6.18. The van der Waals surface area contributed by atoms with Gasteiger partial charge in [0.1, 0.15) is 17.0 Å². The first-order valence-electron chi connectivity index (χ1n) is 9.67. The third-order valence-corrected chi connectivity index (χ3v) is 5.92. The van der Waals surface area contributed by atoms with E-state index >= 15 is 0 Å². The lowest BCUT2D eigenvalue weighted by molar-refractivity contribution is 0.0982. The highest BCUT2D eigenvalue weighted by molar-refractivity contribution is 7.22. The number of hydrogen-bond donors (Lipinski definition) is 0. The first kappa shape index (κ1) is 21.5. The highest BCUT2D eigenvalue weighted by Crippen LogP contribution is 2.40. The zero-order valence-corrected chi connectivity index (χ0v) is 18.9. The summed E-state index contributed by atoms with van der Waals surface area (Å²) in [5.41, 5.74) is 1.05. The number of fused-ring (bicyclic) bond motifs is 1. The molecule has 0 saturated heterocycles. The standard InChI is InChI=1S/C23H22N2O6S/c1-27-16-8-5-9-19-20(16)24-23(32-19)25(13-15-7-6-10-31-15)22(26)14-11-17(28-2)21(30-4)18(12-14)29-3/h5-12H,13H2,1-4H3. The van der Waals surface area contributed by atoms with Gasteiger partial charge in [-0.05, 0) is 36.4 Å². The van der Waals surface area contributed by atoms with Crippen molar-refractivity contribution in [2.75, 3.05) is 33.3 Å². The van der Waals surface area contributed by atoms with Gasteiger partial charge in [0.2, 0.25) is 5.75 Å². The molecule has 2 aromatic carbocycles. The van der Waals surface area contributed by atoms with Gasteiger partial charge in [0.05, 0.1) is 45.9 Å². The molecule has 166 valence electrons. The van der Waals surface area contributed by atoms with Crippen molar-refractivity contribution < 1.29 is 28.2 Å². The molecule has 2 aromatic heterocycles. The summed E-state index contributed by atoms with van der Waals surface area (Å²) >= 11 is 1.39. The number of hydrogen-bond acceptors (Lipinski definition) is 8. The third kappa shape index (κ3) is 3.94. The summed E-state index contributed by atoms with van der Waals surface area (Å²) in [5.74, 6) is 2.16. The molecule has 0 unspecified atom stereocenters. The average molecular weight is 455 g/mol. The predicted octanol–water partition coefficient (Wildman–Crippen LogP) is 4.77. The Hall–Kier alpha value is -3.72. The molecule has 32 heavy (non-hydrogen) atoms. The Bertz CT molecular complexity index is 1210. The van der Waals surface area contributed by atoms with Crippen molar-refractivity contribution in [1.82, 2.24) is 4.98 Å². The van der Waals surface area contributed by atoms with Gasteiger partial charge in [-0.1, -0.05) is 17.4 Å². The van der Waals surface area contributed by atoms with E-state index in [4.69, 9.17) is 28.3 Å². The Morgan fingerprint density at radius 1 is 0.969 bits per heavy atom. The van der Waals surface area contributed by atoms with E-state index in [1.165, 1.54) is 32.7 Å². The van der Waals surface area contributed by atoms with Crippen LogP contribution in [0.15, 0.2) is 53.1 Å². The van der Waals surface area contributed by atoms with E-state index in [9.17, 15) is 4.79 Å². The first-order chi connectivity index (χ1) is 15.6. The van der Waals surface area contributed by atoms with Crippen molar-refractivity contribution in [2.24, 2.45) is 0 Å². The number of nitrogens with zero attached hydrogens (tertiary/aromatic N) is 2. The van der Waals surface area contributed by atoms with Crippen LogP contribution in [0.25, 0.3) is 10.2 Å². The van der Waals surface area contributed by atoms with Gasteiger partial charge in [-0.25, -0.2) is 4.98 Å². The van der Waals surface area contributed by atoms with E-state index in [2.05, 4.69) is 0 Å². The van der Waals surface area contributed by atoms with E-state index in [1.807, 2.05) is 24.3 Å². The number of aromatic nitrogens is 1. The van der Waals surface area contributed by atoms with Gasteiger partial charge in [0.15, 0.2) is 16.6 Å². The van der Waals surface area contributed by atoms with Gasteiger partial charge in [0, 0.05) is 5.56 Å². The van der Waals surface area contributed by atoms with Crippen molar-refractivity contribution in [3.8, 4) is 23.0 Å². The predicted molar refractivity (Wildman–Crippen MR) is 121 cm³/mol. The lowest BCUT2D eigenvalue weighted by Gasteiger charge is -2.20. The van der Waals surface area contributed by atoms with E-state index in [0.29, 0.717) is 45.0 Å². The SMILES string of the molecule is COc1cc(C(=O)N(Cc2ccco2)c2nc3c(OC)cccc3s2)cc(OC)c1OC. The van der Waals surface area contributed by atoms with Crippen molar-refractivity contribution >= 4 is 32.6 Å². The van der Waals surface area contributed by atoms with Crippen LogP contribution < -0.4 is 23.8 Å². The summed E-state index contributed by atoms with van der Waals surface area (Å²) < 4.78 is 28.0. The number of benzene rings is 2. The van der Waals surface area contributed by atoms with Gasteiger partial charge in [-0.15, -0.1) is 0 Å². The summed E-state index contributed by atoms with van der Waals surface area (Å²) in [4.78, 5) is 20.0. The minimum Gasteiger partial charge on any atom is -0.494 e. The molecule has 8 nitrogen and oxygen atoms in total. The van der Waals surface area contributed by atoms with Gasteiger partial charge in [-0.2, -0.15) is 0 Å². The second-order valence-electron chi connectivity index (χ2n) is 6.69. The summed E-state index contributed by atoms with van der Waals surface area (Å²) in [6, 6.07) is 12.5. The first-order valence-corrected chi connectivity index (χ1v) is 10.5. The minimum atomic E-state index is -0.293. The smallest absolute Gasteiger partial charge is 0.260 e. The topological polar surface area (TPSA) is 83.3 Å². The highest BCUT2D eigenvalue weighted by Gasteiger charge is 2.26. The van der Waals surface area contributed by atoms with Crippen LogP contribution in [0.5, 0.6) is 23.0 Å². The summed E-state index contributed by atoms with van der Waals surface area (Å²) in [6.07, 6.45) is 1.57. The zero-order chi connectivity index (χ0) is 22.7. The molecule has 0 saturated carbocycles. The van der Waals surface area contributed by atoms with Gasteiger partial charge in [0.25, 0.3) is 5.91 Å². The van der Waals surface area contributed by atoms with Crippen LogP contribution >= 0.6 is 11.3 Å². The van der Waals surface area contributed by atoms with Crippen molar-refractivity contribution in [3.63, 3.8) is 0 Å². The number of furan rings is 1. The fourth-order valence-corrected chi connectivity index (χ4v) is 4.32. The van der Waals surface area contributed by atoms with Crippen LogP contribution in [0.2, 0.25) is 0 Å². The number of carbonyl (C=O) groups excluding carboxylic acids is 1. The maximum Gasteiger partial charge on any atom is 0.260 e. The number of para-hydroxylation sites is 1. The Labute approximate surface area is 188 Å². The van der Waals surface area contributed by atoms with Crippen LogP contribution in [-0.4, -0.2) is 39.3 Å². The molecule has 1 amide bonds. The Balaban J connectivity index is 1.82. The Morgan fingerprint density at radius 3 is 2.28 bits per heavy atom. The number of amides is 1. The highest BCUT2D eigenvalue weighted by atomic mass is 32.1. The second kappa shape index (κ2) is 9.19. The number of rotatable bonds is 8. The minimum absolute atomic E-state index is 0.199. The lowest BCUT2D eigenvalue weighted by atomic mass is 10.1. The maximum atomic E-state index is 13.7. The van der Waals surface area contributed by atoms with Crippen LogP contribution in [0.1, 0.15) is 16.1 Å². The quantitative estimate of drug-likeness (QED) is 0.379. The molecule has 0 radical (unpaired) electrons. The molecule has 4 aromatic rings. The summed E-state index contributed by atoms with van der Waals surface area (Å²) in [7, 11) is 6.12. The normalized spacial score (nSPS) is 10.8. The molecular weight excluding hydrogens is 432 g/mol. The molecular formula is C23H22N2O6S. The molecule has 0 aliphatic carbocycles. The summed E-state index contributed by atoms with van der Waals surface area (Å²) in [5, 5.41) is 0.514. The van der Waals surface area contributed by atoms with Crippen LogP contribution in [-0.2, 0) is 6.54 Å². The molecule has 0 fully saturated rings. The van der Waals surface area contributed by atoms with Crippen molar-refractivity contribution in [1.29, 1.82) is 0 Å². The molecule has 0 atom stereocenters. The number of anilines is 1. The van der Waals surface area contributed by atoms with E-state index in [0.717, 1.165) is 4.70 Å². The monoisotopic (exact) mass is 454 g/mol. The third-order valence-electron chi connectivity index (χ3n) is 4.87. The van der Waals surface area contributed by atoms with Gasteiger partial charge >= 0.3 is 0 Å². The summed E-state index contributed by atoms with van der Waals surface area (Å²) in [6.45, 7) is 0.199. The van der Waals surface area contributed by atoms with Crippen molar-refractivity contribution in [3.05, 3.63) is 60.1 Å². The molecule has 0 N–H and O–H groups in total. The number of thiazole rings is 1. The van der Waals surface area contributed by atoms with Crippen LogP contribution in [0, 0.1) is 0 Å². The van der Waals surface area contributed by atoms with Gasteiger partial charge < -0.3 is 23.4 Å². The van der Waals surface area contributed by atoms with Crippen LogP contribution in [0.4, 0.5) is 5.13 Å². The average Bonchev–Trinajstić information content (AvgIpc) is 3.50. The Morgan fingerprint density at radius 2 is 1.69 bits per heavy atom. The second-order valence-corrected chi connectivity index (χ2v) is 7.70.